The molecule has 122 valence electrons. The zero-order chi connectivity index (χ0) is 16.2. The van der Waals surface area contributed by atoms with Gasteiger partial charge in [-0.1, -0.05) is 12.5 Å². The summed E-state index contributed by atoms with van der Waals surface area (Å²) in [6.07, 6.45) is 7.99. The molecule has 1 aliphatic heterocycles. The van der Waals surface area contributed by atoms with E-state index in [4.69, 9.17) is 9.15 Å². The number of carbonyl (C=O) groups is 2. The van der Waals surface area contributed by atoms with Gasteiger partial charge >= 0.3 is 5.97 Å². The lowest BCUT2D eigenvalue weighted by molar-refractivity contribution is -0.158. The van der Waals surface area contributed by atoms with E-state index < -0.39 is 5.41 Å². The molecule has 23 heavy (non-hydrogen) atoms. The average Bonchev–Trinajstić information content (AvgIpc) is 3.12. The largest absolute Gasteiger partial charge is 0.472 e. The second kappa shape index (κ2) is 5.08. The third-order valence-corrected chi connectivity index (χ3v) is 6.40. The number of ether oxygens (including phenoxy) is 1. The highest BCUT2D eigenvalue weighted by Crippen LogP contribution is 2.60. The van der Waals surface area contributed by atoms with Gasteiger partial charge in [-0.15, -0.1) is 0 Å². The van der Waals surface area contributed by atoms with Gasteiger partial charge in [-0.3, -0.25) is 9.59 Å². The van der Waals surface area contributed by atoms with E-state index in [2.05, 4.69) is 6.92 Å². The zero-order valence-corrected chi connectivity index (χ0v) is 13.6. The number of cyclic esters (lactones) is 1. The van der Waals surface area contributed by atoms with Crippen LogP contribution in [0.5, 0.6) is 0 Å². The molecule has 2 aliphatic carbocycles. The van der Waals surface area contributed by atoms with Crippen LogP contribution in [0.3, 0.4) is 0 Å². The van der Waals surface area contributed by atoms with Gasteiger partial charge in [0.25, 0.3) is 0 Å². The monoisotopic (exact) mass is 314 g/mol. The molecule has 5 unspecified atom stereocenters. The summed E-state index contributed by atoms with van der Waals surface area (Å²) in [5.74, 6) is 0.685. The summed E-state index contributed by atoms with van der Waals surface area (Å²) < 4.78 is 10.9. The first kappa shape index (κ1) is 14.7. The molecular weight excluding hydrogens is 292 g/mol. The van der Waals surface area contributed by atoms with Gasteiger partial charge in [-0.2, -0.15) is 0 Å². The summed E-state index contributed by atoms with van der Waals surface area (Å²) in [5, 5.41) is 0. The molecule has 4 heteroatoms. The van der Waals surface area contributed by atoms with Crippen molar-refractivity contribution in [1.29, 1.82) is 0 Å². The average molecular weight is 314 g/mol. The van der Waals surface area contributed by atoms with Crippen LogP contribution in [0, 0.1) is 23.2 Å². The summed E-state index contributed by atoms with van der Waals surface area (Å²) in [4.78, 5) is 25.1. The van der Waals surface area contributed by atoms with E-state index in [0.717, 1.165) is 24.0 Å². The Bertz CT molecular complexity index is 672. The number of fused-ring (bicyclic) bond motifs is 2. The third-order valence-electron chi connectivity index (χ3n) is 6.40. The quantitative estimate of drug-likeness (QED) is 0.739. The van der Waals surface area contributed by atoms with Gasteiger partial charge in [0.05, 0.1) is 17.9 Å². The second-order valence-electron chi connectivity index (χ2n) is 7.45. The number of hydrogen-bond acceptors (Lipinski definition) is 4. The van der Waals surface area contributed by atoms with E-state index >= 15 is 0 Å². The lowest BCUT2D eigenvalue weighted by Gasteiger charge is -2.49. The van der Waals surface area contributed by atoms with E-state index in [0.29, 0.717) is 18.8 Å². The van der Waals surface area contributed by atoms with Gasteiger partial charge in [0.1, 0.15) is 6.10 Å². The van der Waals surface area contributed by atoms with Crippen molar-refractivity contribution in [3.63, 3.8) is 0 Å². The summed E-state index contributed by atoms with van der Waals surface area (Å²) in [5.41, 5.74) is 1.52. The first-order chi connectivity index (χ1) is 11.0. The molecular formula is C19H22O4. The van der Waals surface area contributed by atoms with Crippen LogP contribution in [-0.4, -0.2) is 11.8 Å². The van der Waals surface area contributed by atoms with Gasteiger partial charge in [-0.25, -0.2) is 0 Å². The van der Waals surface area contributed by atoms with Crippen molar-refractivity contribution in [2.75, 3.05) is 0 Å². The Labute approximate surface area is 135 Å². The smallest absolute Gasteiger partial charge is 0.313 e. The maximum atomic E-state index is 13.0. The molecule has 1 saturated carbocycles. The van der Waals surface area contributed by atoms with Crippen LogP contribution in [0.25, 0.3) is 0 Å². The highest BCUT2D eigenvalue weighted by atomic mass is 16.6. The molecule has 2 heterocycles. The third kappa shape index (κ3) is 2.03. The van der Waals surface area contributed by atoms with E-state index in [9.17, 15) is 9.59 Å². The van der Waals surface area contributed by atoms with Crippen molar-refractivity contribution in [3.8, 4) is 0 Å². The first-order valence-corrected chi connectivity index (χ1v) is 8.46. The van der Waals surface area contributed by atoms with E-state index in [1.807, 2.05) is 13.0 Å². The van der Waals surface area contributed by atoms with Crippen molar-refractivity contribution < 1.29 is 18.7 Å². The van der Waals surface area contributed by atoms with Crippen LogP contribution >= 0.6 is 0 Å². The number of rotatable bonds is 1. The van der Waals surface area contributed by atoms with Crippen molar-refractivity contribution in [2.24, 2.45) is 23.2 Å². The molecule has 5 atom stereocenters. The number of allylic oxidation sites excluding steroid dienone is 2. The summed E-state index contributed by atoms with van der Waals surface area (Å²) >= 11 is 0. The number of furan rings is 1. The molecule has 0 aromatic carbocycles. The first-order valence-electron chi connectivity index (χ1n) is 8.46. The molecule has 0 amide bonds. The minimum absolute atomic E-state index is 0.0770. The fourth-order valence-corrected chi connectivity index (χ4v) is 5.14. The normalized spacial score (nSPS) is 40.0. The molecule has 1 saturated heterocycles. The maximum Gasteiger partial charge on any atom is 0.313 e. The topological polar surface area (TPSA) is 56.5 Å². The van der Waals surface area contributed by atoms with Crippen molar-refractivity contribution in [1.82, 2.24) is 0 Å². The molecule has 0 radical (unpaired) electrons. The number of hydrogen-bond donors (Lipinski definition) is 0. The summed E-state index contributed by atoms with van der Waals surface area (Å²) in [6.45, 7) is 4.18. The minimum Gasteiger partial charge on any atom is -0.472 e. The van der Waals surface area contributed by atoms with E-state index in [-0.39, 0.29) is 29.7 Å². The number of esters is 1. The van der Waals surface area contributed by atoms with Crippen LogP contribution in [0.4, 0.5) is 0 Å². The second-order valence-corrected chi connectivity index (χ2v) is 7.45. The summed E-state index contributed by atoms with van der Waals surface area (Å²) in [6, 6.07) is 1.86. The van der Waals surface area contributed by atoms with E-state index in [1.165, 1.54) is 0 Å². The molecule has 1 aromatic heterocycles. The highest BCUT2D eigenvalue weighted by Gasteiger charge is 2.61. The Kier molecular flexibility index (Phi) is 3.26. The Morgan fingerprint density at radius 1 is 1.26 bits per heavy atom. The number of carbonyl (C=O) groups excluding carboxylic acids is 2. The van der Waals surface area contributed by atoms with Crippen LogP contribution in [0.15, 0.2) is 34.7 Å². The van der Waals surface area contributed by atoms with Crippen LogP contribution in [-0.2, 0) is 14.3 Å². The van der Waals surface area contributed by atoms with Crippen molar-refractivity contribution >= 4 is 11.8 Å². The molecule has 1 aromatic rings. The molecule has 2 fully saturated rings. The Morgan fingerprint density at radius 2 is 2.09 bits per heavy atom. The van der Waals surface area contributed by atoms with Crippen LogP contribution in [0.1, 0.15) is 51.2 Å². The standard InChI is InChI=1S/C19H22O4/c1-11-7-14(20)8-16-15(11)4-3-12(2)19(16)9-17(23-18(19)21)13-5-6-22-10-13/h5-7,10,12,15-17H,3-4,8-9H2,1-2H3. The molecule has 1 spiro atoms. The van der Waals surface area contributed by atoms with Gasteiger partial charge in [-0.05, 0) is 49.7 Å². The molecule has 0 N–H and O–H groups in total. The van der Waals surface area contributed by atoms with Gasteiger partial charge in [0.15, 0.2) is 5.78 Å². The molecule has 0 bridgehead atoms. The Balaban J connectivity index is 1.74. The number of ketones is 1. The van der Waals surface area contributed by atoms with Crippen LogP contribution in [0.2, 0.25) is 0 Å². The predicted molar refractivity (Wildman–Crippen MR) is 83.4 cm³/mol. The SMILES string of the molecule is CC1=CC(=O)CC2C1CCC(C)C21CC(c2ccoc2)OC1=O. The lowest BCUT2D eigenvalue weighted by Crippen LogP contribution is -2.50. The van der Waals surface area contributed by atoms with Crippen molar-refractivity contribution in [2.45, 2.75) is 45.6 Å². The fraction of sp³-hybridized carbons (Fsp3) is 0.579. The summed E-state index contributed by atoms with van der Waals surface area (Å²) in [7, 11) is 0. The van der Waals surface area contributed by atoms with Gasteiger partial charge < -0.3 is 9.15 Å². The molecule has 3 aliphatic rings. The fourth-order valence-electron chi connectivity index (χ4n) is 5.14. The highest BCUT2D eigenvalue weighted by molar-refractivity contribution is 5.93. The van der Waals surface area contributed by atoms with Gasteiger partial charge in [0, 0.05) is 18.4 Å². The minimum atomic E-state index is -0.532. The zero-order valence-electron chi connectivity index (χ0n) is 13.6. The Hall–Kier alpha value is -1.84. The lowest BCUT2D eigenvalue weighted by atomic mass is 9.52. The van der Waals surface area contributed by atoms with E-state index in [1.54, 1.807) is 18.6 Å². The van der Waals surface area contributed by atoms with Crippen LogP contribution < -0.4 is 0 Å². The predicted octanol–water partition coefficient (Wildman–Crippen LogP) is 3.84. The Morgan fingerprint density at radius 3 is 2.83 bits per heavy atom. The molecule has 4 nitrogen and oxygen atoms in total. The van der Waals surface area contributed by atoms with Crippen molar-refractivity contribution in [3.05, 3.63) is 35.8 Å². The maximum absolute atomic E-state index is 13.0. The van der Waals surface area contributed by atoms with Gasteiger partial charge in [0.2, 0.25) is 0 Å². The molecule has 4 rings (SSSR count).